The van der Waals surface area contributed by atoms with Crippen molar-refractivity contribution in [3.05, 3.63) is 52.2 Å². The van der Waals surface area contributed by atoms with E-state index in [1.807, 2.05) is 4.57 Å². The third-order valence-corrected chi connectivity index (χ3v) is 3.43. The van der Waals surface area contributed by atoms with Crippen LogP contribution in [0, 0.1) is 10.1 Å². The second-order valence-corrected chi connectivity index (χ2v) is 4.56. The summed E-state index contributed by atoms with van der Waals surface area (Å²) in [6, 6.07) is 10.2. The molecule has 2 aromatic rings. The van der Waals surface area contributed by atoms with Gasteiger partial charge in [-0.15, -0.1) is 0 Å². The molecule has 96 valence electrons. The van der Waals surface area contributed by atoms with Gasteiger partial charge in [-0.05, 0) is 24.6 Å². The molecule has 3 rings (SSSR count). The number of nitro benzene ring substituents is 1. The Morgan fingerprint density at radius 2 is 1.84 bits per heavy atom. The largest absolute Gasteiger partial charge is 0.338 e. The quantitative estimate of drug-likeness (QED) is 0.612. The lowest BCUT2D eigenvalue weighted by molar-refractivity contribution is -0.384. The first kappa shape index (κ1) is 11.6. The number of nitrogens with zero attached hydrogens (tertiary/aromatic N) is 2. The number of hydrogen-bond acceptors (Lipinski definition) is 3. The fraction of sp³-hybridized carbons (Fsp3) is 0.214. The standard InChI is InChI=1S/C14H12N2O3/c17-14-6-3-9-15-11(7-8-13(14)15)10-4-1-2-5-12(10)16(18)19/h1-2,4-5,7-8H,3,6,9H2. The molecule has 5 nitrogen and oxygen atoms in total. The number of rotatable bonds is 2. The third-order valence-electron chi connectivity index (χ3n) is 3.43. The highest BCUT2D eigenvalue weighted by atomic mass is 16.6. The lowest BCUT2D eigenvalue weighted by atomic mass is 10.1. The second kappa shape index (κ2) is 4.35. The molecule has 0 saturated carbocycles. The van der Waals surface area contributed by atoms with E-state index in [1.165, 1.54) is 6.07 Å². The minimum Gasteiger partial charge on any atom is -0.338 e. The molecule has 5 heteroatoms. The van der Waals surface area contributed by atoms with Crippen LogP contribution in [-0.4, -0.2) is 15.3 Å². The number of nitro groups is 1. The maximum atomic E-state index is 11.8. The van der Waals surface area contributed by atoms with E-state index in [4.69, 9.17) is 0 Å². The number of benzene rings is 1. The van der Waals surface area contributed by atoms with E-state index in [0.29, 0.717) is 17.7 Å². The zero-order chi connectivity index (χ0) is 13.4. The van der Waals surface area contributed by atoms with E-state index in [2.05, 4.69) is 0 Å². The molecule has 0 fully saturated rings. The summed E-state index contributed by atoms with van der Waals surface area (Å²) in [6.45, 7) is 0.732. The summed E-state index contributed by atoms with van der Waals surface area (Å²) in [5.74, 6) is 0.107. The van der Waals surface area contributed by atoms with Gasteiger partial charge in [0.15, 0.2) is 5.78 Å². The Bertz CT molecular complexity index is 673. The maximum Gasteiger partial charge on any atom is 0.278 e. The number of Topliss-reactive ketones (excluding diaryl/α,β-unsaturated/α-hetero) is 1. The van der Waals surface area contributed by atoms with Crippen LogP contribution < -0.4 is 0 Å². The van der Waals surface area contributed by atoms with Gasteiger partial charge in [-0.2, -0.15) is 0 Å². The third kappa shape index (κ3) is 1.83. The highest BCUT2D eigenvalue weighted by Gasteiger charge is 2.23. The van der Waals surface area contributed by atoms with Crippen molar-refractivity contribution in [3.8, 4) is 11.3 Å². The lowest BCUT2D eigenvalue weighted by Gasteiger charge is -2.17. The van der Waals surface area contributed by atoms with E-state index in [1.54, 1.807) is 30.3 Å². The zero-order valence-electron chi connectivity index (χ0n) is 10.2. The normalized spacial score (nSPS) is 14.2. The maximum absolute atomic E-state index is 11.8. The molecule has 1 aliphatic rings. The van der Waals surface area contributed by atoms with Gasteiger partial charge in [0, 0.05) is 19.0 Å². The van der Waals surface area contributed by atoms with Crippen molar-refractivity contribution in [2.75, 3.05) is 0 Å². The molecule has 1 aromatic carbocycles. The predicted molar refractivity (Wildman–Crippen MR) is 70.1 cm³/mol. The molecule has 0 atom stereocenters. The van der Waals surface area contributed by atoms with E-state index in [9.17, 15) is 14.9 Å². The number of para-hydroxylation sites is 1. The molecule has 0 saturated heterocycles. The molecule has 0 radical (unpaired) electrons. The van der Waals surface area contributed by atoms with E-state index in [0.717, 1.165) is 18.7 Å². The summed E-state index contributed by atoms with van der Waals surface area (Å²) in [5, 5.41) is 11.1. The monoisotopic (exact) mass is 256 g/mol. The lowest BCUT2D eigenvalue weighted by Crippen LogP contribution is -2.16. The molecule has 0 N–H and O–H groups in total. The Balaban J connectivity index is 2.19. The molecule has 19 heavy (non-hydrogen) atoms. The number of aromatic nitrogens is 1. The summed E-state index contributed by atoms with van der Waals surface area (Å²) in [5.41, 5.74) is 2.03. The summed E-state index contributed by atoms with van der Waals surface area (Å²) in [6.07, 6.45) is 1.34. The first-order chi connectivity index (χ1) is 9.18. The number of ketones is 1. The highest BCUT2D eigenvalue weighted by Crippen LogP contribution is 2.32. The number of carbonyl (C=O) groups is 1. The van der Waals surface area contributed by atoms with Gasteiger partial charge in [0.25, 0.3) is 5.69 Å². The van der Waals surface area contributed by atoms with Gasteiger partial charge in [0.1, 0.15) is 0 Å². The summed E-state index contributed by atoms with van der Waals surface area (Å²) >= 11 is 0. The van der Waals surface area contributed by atoms with Gasteiger partial charge >= 0.3 is 0 Å². The Morgan fingerprint density at radius 1 is 1.11 bits per heavy atom. The van der Waals surface area contributed by atoms with Gasteiger partial charge in [-0.1, -0.05) is 12.1 Å². The van der Waals surface area contributed by atoms with Crippen LogP contribution in [-0.2, 0) is 6.54 Å². The van der Waals surface area contributed by atoms with E-state index in [-0.39, 0.29) is 16.4 Å². The number of carbonyl (C=O) groups excluding carboxylic acids is 1. The van der Waals surface area contributed by atoms with Gasteiger partial charge < -0.3 is 4.57 Å². The van der Waals surface area contributed by atoms with Crippen LogP contribution in [0.2, 0.25) is 0 Å². The van der Waals surface area contributed by atoms with Gasteiger partial charge in [-0.3, -0.25) is 14.9 Å². The summed E-state index contributed by atoms with van der Waals surface area (Å²) in [4.78, 5) is 22.5. The van der Waals surface area contributed by atoms with Crippen LogP contribution in [0.3, 0.4) is 0 Å². The molecule has 0 unspecified atom stereocenters. The fourth-order valence-electron chi connectivity index (χ4n) is 2.56. The Morgan fingerprint density at radius 3 is 2.63 bits per heavy atom. The molecule has 0 bridgehead atoms. The van der Waals surface area contributed by atoms with E-state index >= 15 is 0 Å². The fourth-order valence-corrected chi connectivity index (χ4v) is 2.56. The van der Waals surface area contributed by atoms with Crippen LogP contribution in [0.1, 0.15) is 23.3 Å². The van der Waals surface area contributed by atoms with Gasteiger partial charge in [0.05, 0.1) is 21.9 Å². The minimum atomic E-state index is -0.389. The van der Waals surface area contributed by atoms with Gasteiger partial charge in [0.2, 0.25) is 0 Å². The van der Waals surface area contributed by atoms with Crippen LogP contribution >= 0.6 is 0 Å². The topological polar surface area (TPSA) is 65.1 Å². The number of fused-ring (bicyclic) bond motifs is 1. The molecular weight excluding hydrogens is 244 g/mol. The molecule has 0 spiro atoms. The smallest absolute Gasteiger partial charge is 0.278 e. The van der Waals surface area contributed by atoms with Crippen molar-refractivity contribution in [1.29, 1.82) is 0 Å². The molecule has 2 heterocycles. The average molecular weight is 256 g/mol. The van der Waals surface area contributed by atoms with Crippen molar-refractivity contribution < 1.29 is 9.72 Å². The van der Waals surface area contributed by atoms with Gasteiger partial charge in [-0.25, -0.2) is 0 Å². The first-order valence-corrected chi connectivity index (χ1v) is 6.15. The van der Waals surface area contributed by atoms with Crippen LogP contribution in [0.5, 0.6) is 0 Å². The highest BCUT2D eigenvalue weighted by molar-refractivity contribution is 5.96. The first-order valence-electron chi connectivity index (χ1n) is 6.15. The van der Waals surface area contributed by atoms with Crippen molar-refractivity contribution in [3.63, 3.8) is 0 Å². The molecule has 0 amide bonds. The molecule has 1 aromatic heterocycles. The van der Waals surface area contributed by atoms with Crippen molar-refractivity contribution in [2.45, 2.75) is 19.4 Å². The zero-order valence-corrected chi connectivity index (χ0v) is 10.2. The molecule has 0 aliphatic carbocycles. The number of hydrogen-bond donors (Lipinski definition) is 0. The second-order valence-electron chi connectivity index (χ2n) is 4.56. The van der Waals surface area contributed by atoms with Crippen molar-refractivity contribution >= 4 is 11.5 Å². The van der Waals surface area contributed by atoms with Crippen molar-refractivity contribution in [1.82, 2.24) is 4.57 Å². The average Bonchev–Trinajstić information content (AvgIpc) is 2.84. The van der Waals surface area contributed by atoms with Crippen LogP contribution in [0.25, 0.3) is 11.3 Å². The Labute approximate surface area is 109 Å². The summed E-state index contributed by atoms with van der Waals surface area (Å²) in [7, 11) is 0. The van der Waals surface area contributed by atoms with Crippen LogP contribution in [0.15, 0.2) is 36.4 Å². The predicted octanol–water partition coefficient (Wildman–Crippen LogP) is 3.04. The molecule has 1 aliphatic heterocycles. The SMILES string of the molecule is O=C1CCCn2c1ccc2-c1ccccc1[N+](=O)[O-]. The van der Waals surface area contributed by atoms with Crippen LogP contribution in [0.4, 0.5) is 5.69 Å². The molecular formula is C14H12N2O3. The Hall–Kier alpha value is -2.43. The van der Waals surface area contributed by atoms with E-state index < -0.39 is 0 Å². The van der Waals surface area contributed by atoms with Crippen molar-refractivity contribution in [2.24, 2.45) is 0 Å². The summed E-state index contributed by atoms with van der Waals surface area (Å²) < 4.78 is 1.88. The Kier molecular flexibility index (Phi) is 2.67. The minimum absolute atomic E-state index is 0.0708.